The summed E-state index contributed by atoms with van der Waals surface area (Å²) in [6, 6.07) is 7.44. The van der Waals surface area contributed by atoms with Crippen LogP contribution in [0.15, 0.2) is 49.6 Å². The minimum atomic E-state index is -0.0857. The van der Waals surface area contributed by atoms with Crippen molar-refractivity contribution in [3.8, 4) is 5.75 Å². The molecule has 0 radical (unpaired) electrons. The second kappa shape index (κ2) is 7.97. The van der Waals surface area contributed by atoms with Crippen molar-refractivity contribution in [3.05, 3.63) is 49.6 Å². The lowest BCUT2D eigenvalue weighted by Crippen LogP contribution is -2.35. The average Bonchev–Trinajstić information content (AvgIpc) is 2.45. The lowest BCUT2D eigenvalue weighted by Gasteiger charge is -2.19. The fourth-order valence-electron chi connectivity index (χ4n) is 1.54. The van der Waals surface area contributed by atoms with Crippen LogP contribution in [0.25, 0.3) is 0 Å². The minimum absolute atomic E-state index is 0.0145. The Morgan fingerprint density at radius 2 is 1.84 bits per heavy atom. The minimum Gasteiger partial charge on any atom is -0.484 e. The molecule has 0 atom stereocenters. The fourth-order valence-corrected chi connectivity index (χ4v) is 1.54. The predicted octanol–water partition coefficient (Wildman–Crippen LogP) is 2.31. The lowest BCUT2D eigenvalue weighted by atomic mass is 10.3. The van der Waals surface area contributed by atoms with Gasteiger partial charge < -0.3 is 15.0 Å². The van der Waals surface area contributed by atoms with Crippen LogP contribution in [-0.2, 0) is 4.79 Å². The van der Waals surface area contributed by atoms with Crippen molar-refractivity contribution in [2.24, 2.45) is 0 Å². The van der Waals surface area contributed by atoms with Gasteiger partial charge in [-0.05, 0) is 24.3 Å². The molecule has 1 aromatic carbocycles. The maximum Gasteiger partial charge on any atom is 0.261 e. The molecule has 19 heavy (non-hydrogen) atoms. The van der Waals surface area contributed by atoms with Crippen LogP contribution in [0.1, 0.15) is 0 Å². The molecule has 0 aliphatic rings. The number of hydrogen-bond acceptors (Lipinski definition) is 3. The number of rotatable bonds is 8. The largest absolute Gasteiger partial charge is 0.484 e. The highest BCUT2D eigenvalue weighted by molar-refractivity contribution is 5.78. The molecule has 0 spiro atoms. The molecule has 1 rings (SSSR count). The summed E-state index contributed by atoms with van der Waals surface area (Å²) in [7, 11) is 1.85. The van der Waals surface area contributed by atoms with Gasteiger partial charge in [-0.25, -0.2) is 0 Å². The highest BCUT2D eigenvalue weighted by Gasteiger charge is 2.11. The van der Waals surface area contributed by atoms with Gasteiger partial charge in [-0.1, -0.05) is 12.2 Å². The maximum absolute atomic E-state index is 11.9. The van der Waals surface area contributed by atoms with Crippen molar-refractivity contribution in [2.45, 2.75) is 0 Å². The van der Waals surface area contributed by atoms with E-state index in [2.05, 4.69) is 18.5 Å². The first-order valence-corrected chi connectivity index (χ1v) is 6.11. The number of carbonyl (C=O) groups excluding carboxylic acids is 1. The second-order valence-corrected chi connectivity index (χ2v) is 3.94. The Morgan fingerprint density at radius 3 is 2.32 bits per heavy atom. The van der Waals surface area contributed by atoms with Crippen LogP contribution < -0.4 is 10.1 Å². The van der Waals surface area contributed by atoms with E-state index in [0.717, 1.165) is 5.69 Å². The number of ether oxygens (including phenoxy) is 1. The van der Waals surface area contributed by atoms with Crippen molar-refractivity contribution < 1.29 is 9.53 Å². The Morgan fingerprint density at radius 1 is 1.26 bits per heavy atom. The zero-order valence-corrected chi connectivity index (χ0v) is 11.3. The van der Waals surface area contributed by atoms with Crippen molar-refractivity contribution in [2.75, 3.05) is 32.1 Å². The number of anilines is 1. The van der Waals surface area contributed by atoms with Gasteiger partial charge in [0.2, 0.25) is 0 Å². The summed E-state index contributed by atoms with van der Waals surface area (Å²) in [6.45, 7) is 8.25. The Hall–Kier alpha value is -2.23. The molecule has 0 fully saturated rings. The first kappa shape index (κ1) is 14.8. The molecule has 0 heterocycles. The molecule has 1 N–H and O–H groups in total. The van der Waals surface area contributed by atoms with E-state index < -0.39 is 0 Å². The molecule has 0 aliphatic heterocycles. The molecule has 0 aromatic heterocycles. The molecule has 4 nitrogen and oxygen atoms in total. The van der Waals surface area contributed by atoms with Crippen molar-refractivity contribution in [1.82, 2.24) is 4.90 Å². The zero-order chi connectivity index (χ0) is 14.1. The SMILES string of the molecule is C=CCN(CC=C)C(=O)COc1ccc(NC)cc1. The molecule has 0 aliphatic carbocycles. The molecular formula is C15H20N2O2. The highest BCUT2D eigenvalue weighted by Crippen LogP contribution is 2.15. The van der Waals surface area contributed by atoms with E-state index in [-0.39, 0.29) is 12.5 Å². The first-order valence-electron chi connectivity index (χ1n) is 6.11. The molecule has 4 heteroatoms. The fraction of sp³-hybridized carbons (Fsp3) is 0.267. The van der Waals surface area contributed by atoms with Gasteiger partial charge in [0.15, 0.2) is 6.61 Å². The number of nitrogens with zero attached hydrogens (tertiary/aromatic N) is 1. The molecular weight excluding hydrogens is 240 g/mol. The van der Waals surface area contributed by atoms with Gasteiger partial charge in [-0.3, -0.25) is 4.79 Å². The second-order valence-electron chi connectivity index (χ2n) is 3.94. The molecule has 0 saturated carbocycles. The van der Waals surface area contributed by atoms with E-state index in [1.165, 1.54) is 0 Å². The van der Waals surface area contributed by atoms with Crippen LogP contribution in [0.5, 0.6) is 5.75 Å². The zero-order valence-electron chi connectivity index (χ0n) is 11.3. The van der Waals surface area contributed by atoms with E-state index in [1.807, 2.05) is 31.3 Å². The van der Waals surface area contributed by atoms with E-state index >= 15 is 0 Å². The quantitative estimate of drug-likeness (QED) is 0.729. The van der Waals surface area contributed by atoms with Crippen LogP contribution >= 0.6 is 0 Å². The van der Waals surface area contributed by atoms with Crippen molar-refractivity contribution in [3.63, 3.8) is 0 Å². The van der Waals surface area contributed by atoms with Crippen LogP contribution in [0, 0.1) is 0 Å². The lowest BCUT2D eigenvalue weighted by molar-refractivity contribution is -0.132. The van der Waals surface area contributed by atoms with E-state index in [4.69, 9.17) is 4.74 Å². The summed E-state index contributed by atoms with van der Waals surface area (Å²) >= 11 is 0. The maximum atomic E-state index is 11.9. The third-order valence-electron chi connectivity index (χ3n) is 2.56. The van der Waals surface area contributed by atoms with Gasteiger partial charge in [-0.15, -0.1) is 13.2 Å². The molecule has 0 saturated heterocycles. The number of carbonyl (C=O) groups is 1. The Kier molecular flexibility index (Phi) is 6.22. The van der Waals surface area contributed by atoms with Crippen LogP contribution in [0.3, 0.4) is 0 Å². The van der Waals surface area contributed by atoms with Crippen LogP contribution in [-0.4, -0.2) is 37.6 Å². The number of benzene rings is 1. The van der Waals surface area contributed by atoms with Crippen LogP contribution in [0.2, 0.25) is 0 Å². The summed E-state index contributed by atoms with van der Waals surface area (Å²) in [6.07, 6.45) is 3.37. The standard InChI is InChI=1S/C15H20N2O2/c1-4-10-17(11-5-2)15(18)12-19-14-8-6-13(16-3)7-9-14/h4-9,16H,1-2,10-12H2,3H3. The van der Waals surface area contributed by atoms with Crippen molar-refractivity contribution >= 4 is 11.6 Å². The smallest absolute Gasteiger partial charge is 0.261 e. The van der Waals surface area contributed by atoms with E-state index in [1.54, 1.807) is 17.1 Å². The summed E-state index contributed by atoms with van der Waals surface area (Å²) in [5, 5.41) is 3.02. The molecule has 1 amide bonds. The van der Waals surface area contributed by atoms with Crippen LogP contribution in [0.4, 0.5) is 5.69 Å². The number of hydrogen-bond donors (Lipinski definition) is 1. The molecule has 0 bridgehead atoms. The van der Waals surface area contributed by atoms with Gasteiger partial charge in [0.05, 0.1) is 0 Å². The third-order valence-corrected chi connectivity index (χ3v) is 2.56. The summed E-state index contributed by atoms with van der Waals surface area (Å²) in [5.41, 5.74) is 0.999. The topological polar surface area (TPSA) is 41.6 Å². The predicted molar refractivity (Wildman–Crippen MR) is 78.5 cm³/mol. The summed E-state index contributed by atoms with van der Waals surface area (Å²) in [5.74, 6) is 0.585. The van der Waals surface area contributed by atoms with Gasteiger partial charge in [-0.2, -0.15) is 0 Å². The average molecular weight is 260 g/mol. The monoisotopic (exact) mass is 260 g/mol. The van der Waals surface area contributed by atoms with E-state index in [0.29, 0.717) is 18.8 Å². The Bertz CT molecular complexity index is 416. The van der Waals surface area contributed by atoms with Gasteiger partial charge >= 0.3 is 0 Å². The van der Waals surface area contributed by atoms with Gasteiger partial charge in [0.25, 0.3) is 5.91 Å². The third kappa shape index (κ3) is 4.87. The summed E-state index contributed by atoms with van der Waals surface area (Å²) < 4.78 is 5.45. The highest BCUT2D eigenvalue weighted by atomic mass is 16.5. The summed E-state index contributed by atoms with van der Waals surface area (Å²) in [4.78, 5) is 13.5. The normalized spacial score (nSPS) is 9.53. The first-order chi connectivity index (χ1) is 9.21. The number of amides is 1. The van der Waals surface area contributed by atoms with E-state index in [9.17, 15) is 4.79 Å². The van der Waals surface area contributed by atoms with Gasteiger partial charge in [0.1, 0.15) is 5.75 Å². The Labute approximate surface area is 114 Å². The molecule has 0 unspecified atom stereocenters. The van der Waals surface area contributed by atoms with Gasteiger partial charge in [0, 0.05) is 25.8 Å². The Balaban J connectivity index is 2.51. The van der Waals surface area contributed by atoms with Crippen molar-refractivity contribution in [1.29, 1.82) is 0 Å². The molecule has 1 aromatic rings. The molecule has 102 valence electrons. The number of nitrogens with one attached hydrogen (secondary N) is 1.